The molecule has 130 valence electrons. The standard InChI is InChI=1S/C18H26N4O2/c1-13-15(18(24)21-9-5-3-6-10-21)12-19-17(20-13)16-8-4-7-11-22(16)14(2)23/h12,16H,3-11H2,1-2H3/t16-/m1/s1. The fraction of sp³-hybridized carbons (Fsp3) is 0.667. The number of nitrogens with zero attached hydrogens (tertiary/aromatic N) is 4. The van der Waals surface area contributed by atoms with E-state index in [0.717, 1.165) is 51.7 Å². The number of rotatable bonds is 2. The fourth-order valence-corrected chi connectivity index (χ4v) is 3.70. The van der Waals surface area contributed by atoms with Gasteiger partial charge in [0.05, 0.1) is 17.3 Å². The minimum atomic E-state index is -0.0610. The van der Waals surface area contributed by atoms with E-state index in [-0.39, 0.29) is 17.9 Å². The summed E-state index contributed by atoms with van der Waals surface area (Å²) in [5.41, 5.74) is 1.30. The third-order valence-electron chi connectivity index (χ3n) is 5.08. The van der Waals surface area contributed by atoms with E-state index in [0.29, 0.717) is 17.1 Å². The summed E-state index contributed by atoms with van der Waals surface area (Å²) in [5, 5.41) is 0. The minimum absolute atomic E-state index is 0.0332. The van der Waals surface area contributed by atoms with Gasteiger partial charge < -0.3 is 9.80 Å². The van der Waals surface area contributed by atoms with Crippen molar-refractivity contribution < 1.29 is 9.59 Å². The van der Waals surface area contributed by atoms with Crippen LogP contribution in [0.1, 0.15) is 73.4 Å². The Morgan fingerprint density at radius 3 is 2.46 bits per heavy atom. The third kappa shape index (κ3) is 3.42. The van der Waals surface area contributed by atoms with Crippen molar-refractivity contribution >= 4 is 11.8 Å². The molecule has 0 aromatic carbocycles. The SMILES string of the molecule is CC(=O)N1CCCC[C@@H]1c1ncc(C(=O)N2CCCCC2)c(C)n1. The molecule has 6 heteroatoms. The second kappa shape index (κ2) is 7.28. The largest absolute Gasteiger partial charge is 0.339 e. The van der Waals surface area contributed by atoms with Gasteiger partial charge in [0.1, 0.15) is 0 Å². The van der Waals surface area contributed by atoms with Gasteiger partial charge in [-0.3, -0.25) is 9.59 Å². The van der Waals surface area contributed by atoms with Crippen LogP contribution in [0, 0.1) is 6.92 Å². The molecule has 3 heterocycles. The number of aromatic nitrogens is 2. The molecular weight excluding hydrogens is 304 g/mol. The lowest BCUT2D eigenvalue weighted by Gasteiger charge is -2.34. The zero-order chi connectivity index (χ0) is 17.1. The van der Waals surface area contributed by atoms with Crippen LogP contribution in [-0.4, -0.2) is 51.2 Å². The van der Waals surface area contributed by atoms with Crippen LogP contribution < -0.4 is 0 Å². The van der Waals surface area contributed by atoms with Gasteiger partial charge in [-0.2, -0.15) is 0 Å². The Balaban J connectivity index is 1.81. The lowest BCUT2D eigenvalue weighted by atomic mass is 10.0. The average Bonchev–Trinajstić information content (AvgIpc) is 2.62. The molecule has 0 saturated carbocycles. The summed E-state index contributed by atoms with van der Waals surface area (Å²) in [7, 11) is 0. The maximum Gasteiger partial charge on any atom is 0.257 e. The van der Waals surface area contributed by atoms with Gasteiger partial charge in [-0.1, -0.05) is 0 Å². The van der Waals surface area contributed by atoms with Gasteiger partial charge in [-0.15, -0.1) is 0 Å². The van der Waals surface area contributed by atoms with Crippen molar-refractivity contribution in [3.05, 3.63) is 23.3 Å². The van der Waals surface area contributed by atoms with Crippen molar-refractivity contribution in [2.45, 2.75) is 58.4 Å². The zero-order valence-electron chi connectivity index (χ0n) is 14.6. The Kier molecular flexibility index (Phi) is 5.11. The van der Waals surface area contributed by atoms with Gasteiger partial charge in [0, 0.05) is 32.8 Å². The van der Waals surface area contributed by atoms with Crippen molar-refractivity contribution in [3.8, 4) is 0 Å². The van der Waals surface area contributed by atoms with Gasteiger partial charge in [-0.25, -0.2) is 9.97 Å². The first-order valence-corrected chi connectivity index (χ1v) is 8.98. The van der Waals surface area contributed by atoms with E-state index in [1.54, 1.807) is 13.1 Å². The number of carbonyl (C=O) groups is 2. The smallest absolute Gasteiger partial charge is 0.257 e. The molecule has 0 radical (unpaired) electrons. The maximum absolute atomic E-state index is 12.7. The van der Waals surface area contributed by atoms with Gasteiger partial charge in [-0.05, 0) is 45.4 Å². The van der Waals surface area contributed by atoms with E-state index < -0.39 is 0 Å². The summed E-state index contributed by atoms with van der Waals surface area (Å²) in [6.07, 6.45) is 7.98. The number of aryl methyl sites for hydroxylation is 1. The van der Waals surface area contributed by atoms with E-state index in [1.165, 1.54) is 6.42 Å². The molecule has 3 rings (SSSR count). The summed E-state index contributed by atoms with van der Waals surface area (Å²) in [5.74, 6) is 0.762. The molecule has 0 spiro atoms. The Morgan fingerprint density at radius 2 is 1.79 bits per heavy atom. The topological polar surface area (TPSA) is 66.4 Å². The van der Waals surface area contributed by atoms with E-state index in [9.17, 15) is 9.59 Å². The first-order chi connectivity index (χ1) is 11.6. The minimum Gasteiger partial charge on any atom is -0.339 e. The summed E-state index contributed by atoms with van der Waals surface area (Å²) in [6.45, 7) is 5.86. The molecule has 1 atom stereocenters. The lowest BCUT2D eigenvalue weighted by Crippen LogP contribution is -2.38. The van der Waals surface area contributed by atoms with Crippen LogP contribution in [0.15, 0.2) is 6.20 Å². The predicted octanol–water partition coefficient (Wildman–Crippen LogP) is 2.48. The van der Waals surface area contributed by atoms with E-state index >= 15 is 0 Å². The zero-order valence-corrected chi connectivity index (χ0v) is 14.6. The van der Waals surface area contributed by atoms with Crippen LogP contribution in [0.4, 0.5) is 0 Å². The highest BCUT2D eigenvalue weighted by Crippen LogP contribution is 2.29. The number of carbonyl (C=O) groups excluding carboxylic acids is 2. The van der Waals surface area contributed by atoms with Crippen molar-refractivity contribution in [1.29, 1.82) is 0 Å². The summed E-state index contributed by atoms with van der Waals surface area (Å²) < 4.78 is 0. The van der Waals surface area contributed by atoms with Gasteiger partial charge in [0.2, 0.25) is 5.91 Å². The van der Waals surface area contributed by atoms with E-state index in [1.807, 2.05) is 16.7 Å². The van der Waals surface area contributed by atoms with Gasteiger partial charge in [0.15, 0.2) is 5.82 Å². The molecule has 0 aliphatic carbocycles. The molecule has 24 heavy (non-hydrogen) atoms. The fourth-order valence-electron chi connectivity index (χ4n) is 3.70. The molecule has 2 fully saturated rings. The summed E-state index contributed by atoms with van der Waals surface area (Å²) in [4.78, 5) is 37.3. The quantitative estimate of drug-likeness (QED) is 0.835. The van der Waals surface area contributed by atoms with Gasteiger partial charge in [0.25, 0.3) is 5.91 Å². The lowest BCUT2D eigenvalue weighted by molar-refractivity contribution is -0.132. The normalized spacial score (nSPS) is 21.7. The van der Waals surface area contributed by atoms with Crippen LogP contribution in [0.3, 0.4) is 0 Å². The monoisotopic (exact) mass is 330 g/mol. The van der Waals surface area contributed by atoms with Crippen molar-refractivity contribution in [1.82, 2.24) is 19.8 Å². The number of hydrogen-bond donors (Lipinski definition) is 0. The van der Waals surface area contributed by atoms with E-state index in [4.69, 9.17) is 0 Å². The highest BCUT2D eigenvalue weighted by molar-refractivity contribution is 5.95. The molecule has 6 nitrogen and oxygen atoms in total. The molecule has 1 aromatic rings. The van der Waals surface area contributed by atoms with Crippen molar-refractivity contribution in [3.63, 3.8) is 0 Å². The molecule has 0 bridgehead atoms. The molecule has 1 aromatic heterocycles. The molecule has 2 aliphatic heterocycles. The van der Waals surface area contributed by atoms with Crippen molar-refractivity contribution in [2.24, 2.45) is 0 Å². The molecule has 2 amide bonds. The van der Waals surface area contributed by atoms with Crippen LogP contribution in [-0.2, 0) is 4.79 Å². The number of likely N-dealkylation sites (tertiary alicyclic amines) is 2. The molecule has 0 unspecified atom stereocenters. The number of amides is 2. The Bertz CT molecular complexity index is 625. The number of hydrogen-bond acceptors (Lipinski definition) is 4. The predicted molar refractivity (Wildman–Crippen MR) is 90.5 cm³/mol. The molecule has 2 aliphatic rings. The highest BCUT2D eigenvalue weighted by atomic mass is 16.2. The molecule has 0 N–H and O–H groups in total. The average molecular weight is 330 g/mol. The Morgan fingerprint density at radius 1 is 1.08 bits per heavy atom. The highest BCUT2D eigenvalue weighted by Gasteiger charge is 2.29. The second-order valence-electron chi connectivity index (χ2n) is 6.80. The van der Waals surface area contributed by atoms with E-state index in [2.05, 4.69) is 9.97 Å². The maximum atomic E-state index is 12.7. The summed E-state index contributed by atoms with van der Waals surface area (Å²) >= 11 is 0. The van der Waals surface area contributed by atoms with Crippen LogP contribution in [0.5, 0.6) is 0 Å². The van der Waals surface area contributed by atoms with Crippen molar-refractivity contribution in [2.75, 3.05) is 19.6 Å². The Hall–Kier alpha value is -1.98. The molecular formula is C18H26N4O2. The second-order valence-corrected chi connectivity index (χ2v) is 6.80. The van der Waals surface area contributed by atoms with Crippen LogP contribution in [0.25, 0.3) is 0 Å². The first kappa shape index (κ1) is 16.9. The number of piperidine rings is 2. The first-order valence-electron chi connectivity index (χ1n) is 8.98. The van der Waals surface area contributed by atoms with Gasteiger partial charge >= 0.3 is 0 Å². The third-order valence-corrected chi connectivity index (χ3v) is 5.08. The molecule has 2 saturated heterocycles. The summed E-state index contributed by atoms with van der Waals surface area (Å²) in [6, 6.07) is -0.0610. The Labute approximate surface area is 143 Å². The van der Waals surface area contributed by atoms with Crippen LogP contribution in [0.2, 0.25) is 0 Å². The van der Waals surface area contributed by atoms with Crippen LogP contribution >= 0.6 is 0 Å².